The minimum absolute atomic E-state index is 0.568. The second-order valence-corrected chi connectivity index (χ2v) is 3.17. The predicted molar refractivity (Wildman–Crippen MR) is 58.9 cm³/mol. The Morgan fingerprint density at radius 1 is 1.33 bits per heavy atom. The molecule has 80 valence electrons. The maximum Gasteiger partial charge on any atom is 0.427 e. The summed E-state index contributed by atoms with van der Waals surface area (Å²) >= 11 is 0. The largest absolute Gasteiger partial charge is 0.452 e. The first-order chi connectivity index (χ1) is 7.13. The van der Waals surface area contributed by atoms with E-state index in [-0.39, 0.29) is 0 Å². The molecule has 0 saturated heterocycles. The van der Waals surface area contributed by atoms with Crippen molar-refractivity contribution in [2.75, 3.05) is 7.11 Å². The van der Waals surface area contributed by atoms with Gasteiger partial charge in [-0.15, -0.1) is 0 Å². The van der Waals surface area contributed by atoms with Crippen LogP contribution in [0.3, 0.4) is 0 Å². The Labute approximate surface area is 88.9 Å². The zero-order valence-corrected chi connectivity index (χ0v) is 9.07. The third-order valence-corrected chi connectivity index (χ3v) is 1.97. The molecule has 1 aromatic carbocycles. The first-order valence-electron chi connectivity index (χ1n) is 4.59. The van der Waals surface area contributed by atoms with Gasteiger partial charge >= 0.3 is 6.09 Å². The zero-order valence-electron chi connectivity index (χ0n) is 9.07. The van der Waals surface area contributed by atoms with Gasteiger partial charge in [0.1, 0.15) is 0 Å². The standard InChI is InChI=1S/C11H14N2O2/c1-8-4-6-10(7-5-8)9(2)12-13-11(14)15-3/h4-7H,1-3H3,(H,13,14)/b12-9-. The highest BCUT2D eigenvalue weighted by Crippen LogP contribution is 2.04. The van der Waals surface area contributed by atoms with Gasteiger partial charge in [-0.3, -0.25) is 0 Å². The molecule has 0 radical (unpaired) electrons. The molecular formula is C11H14N2O2. The van der Waals surface area contributed by atoms with Crippen molar-refractivity contribution in [2.45, 2.75) is 13.8 Å². The van der Waals surface area contributed by atoms with E-state index in [0.717, 1.165) is 11.3 Å². The predicted octanol–water partition coefficient (Wildman–Crippen LogP) is 2.08. The average molecular weight is 206 g/mol. The van der Waals surface area contributed by atoms with Crippen LogP contribution in [0.25, 0.3) is 0 Å². The summed E-state index contributed by atoms with van der Waals surface area (Å²) in [5, 5.41) is 3.89. The summed E-state index contributed by atoms with van der Waals surface area (Å²) in [6, 6.07) is 7.89. The lowest BCUT2D eigenvalue weighted by Crippen LogP contribution is -2.18. The van der Waals surface area contributed by atoms with E-state index in [0.29, 0.717) is 0 Å². The molecule has 4 heteroatoms. The summed E-state index contributed by atoms with van der Waals surface area (Å²) in [6.07, 6.45) is -0.568. The highest BCUT2D eigenvalue weighted by molar-refractivity contribution is 5.99. The van der Waals surface area contributed by atoms with Crippen LogP contribution in [-0.2, 0) is 4.74 Å². The van der Waals surface area contributed by atoms with Gasteiger partial charge in [-0.05, 0) is 19.4 Å². The van der Waals surface area contributed by atoms with Gasteiger partial charge < -0.3 is 4.74 Å². The quantitative estimate of drug-likeness (QED) is 0.595. The maximum atomic E-state index is 10.8. The normalized spacial score (nSPS) is 11.0. The van der Waals surface area contributed by atoms with E-state index in [4.69, 9.17) is 0 Å². The number of aryl methyl sites for hydroxylation is 1. The van der Waals surface area contributed by atoms with Crippen LogP contribution in [0.5, 0.6) is 0 Å². The van der Waals surface area contributed by atoms with Gasteiger partial charge in [-0.1, -0.05) is 29.8 Å². The number of benzene rings is 1. The van der Waals surface area contributed by atoms with E-state index in [9.17, 15) is 4.79 Å². The number of rotatable bonds is 2. The fourth-order valence-corrected chi connectivity index (χ4v) is 1.03. The summed E-state index contributed by atoms with van der Waals surface area (Å²) in [5.74, 6) is 0. The summed E-state index contributed by atoms with van der Waals surface area (Å²) in [6.45, 7) is 3.84. The van der Waals surface area contributed by atoms with Crippen LogP contribution in [-0.4, -0.2) is 18.9 Å². The van der Waals surface area contributed by atoms with Crippen molar-refractivity contribution < 1.29 is 9.53 Å². The molecule has 1 N–H and O–H groups in total. The molecule has 0 unspecified atom stereocenters. The summed E-state index contributed by atoms with van der Waals surface area (Å²) in [4.78, 5) is 10.8. The van der Waals surface area contributed by atoms with E-state index in [1.165, 1.54) is 12.7 Å². The smallest absolute Gasteiger partial charge is 0.427 e. The molecule has 0 spiro atoms. The Morgan fingerprint density at radius 3 is 2.47 bits per heavy atom. The van der Waals surface area contributed by atoms with Gasteiger partial charge in [0.2, 0.25) is 0 Å². The topological polar surface area (TPSA) is 50.7 Å². The number of nitrogens with one attached hydrogen (secondary N) is 1. The molecule has 0 aliphatic carbocycles. The highest BCUT2D eigenvalue weighted by Gasteiger charge is 1.98. The minimum atomic E-state index is -0.568. The average Bonchev–Trinajstić information content (AvgIpc) is 2.26. The fraction of sp³-hybridized carbons (Fsp3) is 0.273. The van der Waals surface area contributed by atoms with Crippen LogP contribution in [0, 0.1) is 6.92 Å². The number of carbonyl (C=O) groups is 1. The molecule has 0 aliphatic rings. The molecule has 15 heavy (non-hydrogen) atoms. The van der Waals surface area contributed by atoms with E-state index in [2.05, 4.69) is 15.3 Å². The van der Waals surface area contributed by atoms with Crippen LogP contribution >= 0.6 is 0 Å². The van der Waals surface area contributed by atoms with Crippen LogP contribution in [0.1, 0.15) is 18.1 Å². The minimum Gasteiger partial charge on any atom is -0.452 e. The van der Waals surface area contributed by atoms with Gasteiger partial charge in [0.05, 0.1) is 12.8 Å². The van der Waals surface area contributed by atoms with Crippen LogP contribution < -0.4 is 5.43 Å². The van der Waals surface area contributed by atoms with Gasteiger partial charge in [0.25, 0.3) is 0 Å². The lowest BCUT2D eigenvalue weighted by atomic mass is 10.1. The van der Waals surface area contributed by atoms with Crippen LogP contribution in [0.2, 0.25) is 0 Å². The van der Waals surface area contributed by atoms with E-state index >= 15 is 0 Å². The molecule has 1 amide bonds. The Bertz CT molecular complexity index is 369. The Morgan fingerprint density at radius 2 is 1.93 bits per heavy atom. The van der Waals surface area contributed by atoms with Gasteiger partial charge in [-0.25, -0.2) is 10.2 Å². The second kappa shape index (κ2) is 5.14. The van der Waals surface area contributed by atoms with E-state index in [1.807, 2.05) is 38.1 Å². The number of hydrogen-bond donors (Lipinski definition) is 1. The molecule has 0 bridgehead atoms. The summed E-state index contributed by atoms with van der Waals surface area (Å²) < 4.78 is 4.40. The number of hydrazone groups is 1. The monoisotopic (exact) mass is 206 g/mol. The van der Waals surface area contributed by atoms with Gasteiger partial charge in [0.15, 0.2) is 0 Å². The number of nitrogens with zero attached hydrogens (tertiary/aromatic N) is 1. The SMILES string of the molecule is COC(=O)N/N=C(/C)c1ccc(C)cc1. The molecule has 0 atom stereocenters. The third kappa shape index (κ3) is 3.42. The third-order valence-electron chi connectivity index (χ3n) is 1.97. The number of amides is 1. The van der Waals surface area contributed by atoms with Crippen molar-refractivity contribution in [1.29, 1.82) is 0 Å². The molecule has 0 heterocycles. The number of methoxy groups -OCH3 is 1. The lowest BCUT2D eigenvalue weighted by molar-refractivity contribution is 0.171. The molecular weight excluding hydrogens is 192 g/mol. The number of hydrogen-bond acceptors (Lipinski definition) is 3. The molecule has 0 aromatic heterocycles. The van der Waals surface area contributed by atoms with Crippen molar-refractivity contribution in [3.8, 4) is 0 Å². The molecule has 0 saturated carbocycles. The Hall–Kier alpha value is -1.84. The van der Waals surface area contributed by atoms with Crippen molar-refractivity contribution in [3.05, 3.63) is 35.4 Å². The zero-order chi connectivity index (χ0) is 11.3. The first-order valence-corrected chi connectivity index (χ1v) is 4.59. The van der Waals surface area contributed by atoms with Crippen LogP contribution in [0.4, 0.5) is 4.79 Å². The maximum absolute atomic E-state index is 10.8. The number of ether oxygens (including phenoxy) is 1. The Balaban J connectivity index is 2.71. The van der Waals surface area contributed by atoms with Gasteiger partial charge in [0, 0.05) is 0 Å². The molecule has 1 rings (SSSR count). The van der Waals surface area contributed by atoms with Crippen molar-refractivity contribution in [2.24, 2.45) is 5.10 Å². The van der Waals surface area contributed by atoms with E-state index in [1.54, 1.807) is 0 Å². The van der Waals surface area contributed by atoms with E-state index < -0.39 is 6.09 Å². The molecule has 1 aromatic rings. The molecule has 4 nitrogen and oxygen atoms in total. The second-order valence-electron chi connectivity index (χ2n) is 3.17. The molecule has 0 aliphatic heterocycles. The molecule has 0 fully saturated rings. The Kier molecular flexibility index (Phi) is 3.85. The first kappa shape index (κ1) is 11.2. The van der Waals surface area contributed by atoms with Gasteiger partial charge in [-0.2, -0.15) is 5.10 Å². The number of carbonyl (C=O) groups excluding carboxylic acids is 1. The summed E-state index contributed by atoms with van der Waals surface area (Å²) in [5.41, 5.74) is 5.17. The fourth-order valence-electron chi connectivity index (χ4n) is 1.03. The lowest BCUT2D eigenvalue weighted by Gasteiger charge is -2.02. The highest BCUT2D eigenvalue weighted by atomic mass is 16.5. The van der Waals surface area contributed by atoms with Crippen molar-refractivity contribution in [1.82, 2.24) is 5.43 Å². The summed E-state index contributed by atoms with van der Waals surface area (Å²) in [7, 11) is 1.30. The van der Waals surface area contributed by atoms with Crippen LogP contribution in [0.15, 0.2) is 29.4 Å². The van der Waals surface area contributed by atoms with Crippen molar-refractivity contribution >= 4 is 11.8 Å². The van der Waals surface area contributed by atoms with Crippen molar-refractivity contribution in [3.63, 3.8) is 0 Å².